The quantitative estimate of drug-likeness (QED) is 0.947. The second kappa shape index (κ2) is 7.02. The van der Waals surface area contributed by atoms with Gasteiger partial charge in [0, 0.05) is 37.4 Å². The van der Waals surface area contributed by atoms with Crippen molar-refractivity contribution in [3.8, 4) is 0 Å². The Morgan fingerprint density at radius 3 is 2.64 bits per heavy atom. The average Bonchev–Trinajstić information content (AvgIpc) is 2.61. The predicted molar refractivity (Wildman–Crippen MR) is 84.3 cm³/mol. The van der Waals surface area contributed by atoms with Crippen molar-refractivity contribution in [2.45, 2.75) is 25.3 Å². The van der Waals surface area contributed by atoms with Crippen LogP contribution in [0, 0.1) is 0 Å². The maximum absolute atomic E-state index is 12.2. The Labute approximate surface area is 130 Å². The molecule has 0 aliphatic carbocycles. The van der Waals surface area contributed by atoms with Crippen LogP contribution in [0.25, 0.3) is 0 Å². The Bertz CT molecular complexity index is 595. The highest BCUT2D eigenvalue weighted by Crippen LogP contribution is 2.25. The molecule has 114 valence electrons. The monoisotopic (exact) mass is 296 g/mol. The number of carbonyl (C=O) groups is 1. The minimum atomic E-state index is 0.0185. The van der Waals surface area contributed by atoms with E-state index in [9.17, 15) is 4.79 Å². The Kier molecular flexibility index (Phi) is 4.63. The lowest BCUT2D eigenvalue weighted by atomic mass is 9.93. The molecular weight excluding hydrogens is 276 g/mol. The highest BCUT2D eigenvalue weighted by molar-refractivity contribution is 5.74. The molecule has 1 aromatic carbocycles. The van der Waals surface area contributed by atoms with Crippen LogP contribution in [0.4, 0.5) is 4.79 Å². The van der Waals surface area contributed by atoms with E-state index < -0.39 is 0 Å². The smallest absolute Gasteiger partial charge is 0.317 e. The first-order chi connectivity index (χ1) is 10.8. The van der Waals surface area contributed by atoms with Gasteiger partial charge in [-0.05, 0) is 24.5 Å². The van der Waals surface area contributed by atoms with Crippen LogP contribution < -0.4 is 5.32 Å². The van der Waals surface area contributed by atoms with Crippen molar-refractivity contribution in [1.82, 2.24) is 20.2 Å². The molecular formula is C17H20N4O. The van der Waals surface area contributed by atoms with Gasteiger partial charge in [-0.15, -0.1) is 0 Å². The van der Waals surface area contributed by atoms with Gasteiger partial charge in [0.25, 0.3) is 0 Å². The lowest BCUT2D eigenvalue weighted by molar-refractivity contribution is 0.180. The maximum Gasteiger partial charge on any atom is 0.317 e. The molecule has 0 saturated carbocycles. The first-order valence-corrected chi connectivity index (χ1v) is 7.65. The molecule has 5 heteroatoms. The van der Waals surface area contributed by atoms with E-state index in [1.54, 1.807) is 12.5 Å². The summed E-state index contributed by atoms with van der Waals surface area (Å²) in [5.41, 5.74) is 2.20. The zero-order valence-corrected chi connectivity index (χ0v) is 12.5. The van der Waals surface area contributed by atoms with Crippen LogP contribution in [0.5, 0.6) is 0 Å². The largest absolute Gasteiger partial charge is 0.334 e. The number of nitrogens with one attached hydrogen (secondary N) is 1. The number of nitrogens with zero attached hydrogens (tertiary/aromatic N) is 3. The molecule has 1 aliphatic heterocycles. The molecule has 22 heavy (non-hydrogen) atoms. The van der Waals surface area contributed by atoms with Crippen LogP contribution in [0.2, 0.25) is 0 Å². The molecule has 2 aromatic rings. The summed E-state index contributed by atoms with van der Waals surface area (Å²) < 4.78 is 0. The number of hydrogen-bond acceptors (Lipinski definition) is 3. The molecule has 1 N–H and O–H groups in total. The number of urea groups is 1. The van der Waals surface area contributed by atoms with Gasteiger partial charge in [0.2, 0.25) is 0 Å². The second-order valence-corrected chi connectivity index (χ2v) is 5.54. The molecule has 0 bridgehead atoms. The Hall–Kier alpha value is -2.43. The minimum Gasteiger partial charge on any atom is -0.334 e. The van der Waals surface area contributed by atoms with Gasteiger partial charge in [0.1, 0.15) is 6.33 Å². The van der Waals surface area contributed by atoms with Crippen molar-refractivity contribution in [3.63, 3.8) is 0 Å². The Morgan fingerprint density at radius 2 is 1.95 bits per heavy atom. The van der Waals surface area contributed by atoms with E-state index in [1.807, 2.05) is 41.3 Å². The van der Waals surface area contributed by atoms with Crippen molar-refractivity contribution >= 4 is 6.03 Å². The summed E-state index contributed by atoms with van der Waals surface area (Å²) in [5, 5.41) is 2.98. The summed E-state index contributed by atoms with van der Waals surface area (Å²) in [7, 11) is 0. The van der Waals surface area contributed by atoms with E-state index >= 15 is 0 Å². The molecule has 2 amide bonds. The van der Waals surface area contributed by atoms with Crippen LogP contribution in [0.15, 0.2) is 48.9 Å². The maximum atomic E-state index is 12.2. The third kappa shape index (κ3) is 3.61. The van der Waals surface area contributed by atoms with Gasteiger partial charge in [-0.3, -0.25) is 0 Å². The average molecular weight is 296 g/mol. The van der Waals surface area contributed by atoms with Crippen LogP contribution in [-0.4, -0.2) is 34.0 Å². The van der Waals surface area contributed by atoms with Crippen molar-refractivity contribution in [2.75, 3.05) is 13.1 Å². The van der Waals surface area contributed by atoms with E-state index in [-0.39, 0.29) is 6.03 Å². The molecule has 5 nitrogen and oxygen atoms in total. The lowest BCUT2D eigenvalue weighted by Crippen LogP contribution is -2.43. The Balaban J connectivity index is 1.48. The fourth-order valence-corrected chi connectivity index (χ4v) is 2.81. The van der Waals surface area contributed by atoms with Gasteiger partial charge in [0.05, 0.1) is 0 Å². The van der Waals surface area contributed by atoms with Gasteiger partial charge < -0.3 is 10.2 Å². The third-order valence-electron chi connectivity index (χ3n) is 4.09. The van der Waals surface area contributed by atoms with Crippen molar-refractivity contribution in [1.29, 1.82) is 0 Å². The molecule has 1 fully saturated rings. The summed E-state index contributed by atoms with van der Waals surface area (Å²) in [6.07, 6.45) is 5.28. The normalized spacial score (nSPS) is 15.5. The number of rotatable bonds is 3. The summed E-state index contributed by atoms with van der Waals surface area (Å²) in [6, 6.07) is 12.0. The fraction of sp³-hybridized carbons (Fsp3) is 0.353. The van der Waals surface area contributed by atoms with Gasteiger partial charge in [0.15, 0.2) is 0 Å². The summed E-state index contributed by atoms with van der Waals surface area (Å²) >= 11 is 0. The fourth-order valence-electron chi connectivity index (χ4n) is 2.81. The van der Waals surface area contributed by atoms with Crippen LogP contribution in [-0.2, 0) is 6.54 Å². The van der Waals surface area contributed by atoms with Crippen molar-refractivity contribution in [3.05, 3.63) is 60.2 Å². The Morgan fingerprint density at radius 1 is 1.18 bits per heavy atom. The summed E-state index contributed by atoms with van der Waals surface area (Å²) in [6.45, 7) is 2.12. The van der Waals surface area contributed by atoms with E-state index in [2.05, 4.69) is 15.3 Å². The summed E-state index contributed by atoms with van der Waals surface area (Å²) in [4.78, 5) is 22.4. The number of likely N-dealkylation sites (tertiary alicyclic amines) is 1. The second-order valence-electron chi connectivity index (χ2n) is 5.54. The van der Waals surface area contributed by atoms with Gasteiger partial charge >= 0.3 is 6.03 Å². The van der Waals surface area contributed by atoms with Gasteiger partial charge in [-0.1, -0.05) is 30.3 Å². The number of hydrogen-bond donors (Lipinski definition) is 1. The molecule has 0 radical (unpaired) electrons. The standard InChI is InChI=1S/C17H20N4O/c22-17(19-12-14-4-2-1-3-5-14)21-10-7-15(8-11-21)16-6-9-18-13-20-16/h1-6,9,13,15H,7-8,10-12H2,(H,19,22). The number of carbonyl (C=O) groups excluding carboxylic acids is 1. The van der Waals surface area contributed by atoms with Crippen molar-refractivity contribution < 1.29 is 4.79 Å². The van der Waals surface area contributed by atoms with E-state index in [4.69, 9.17) is 0 Å². The highest BCUT2D eigenvalue weighted by atomic mass is 16.2. The third-order valence-corrected chi connectivity index (χ3v) is 4.09. The minimum absolute atomic E-state index is 0.0185. The topological polar surface area (TPSA) is 58.1 Å². The SMILES string of the molecule is O=C(NCc1ccccc1)N1CCC(c2ccncn2)CC1. The highest BCUT2D eigenvalue weighted by Gasteiger charge is 2.24. The first-order valence-electron chi connectivity index (χ1n) is 7.65. The zero-order valence-electron chi connectivity index (χ0n) is 12.5. The number of benzene rings is 1. The predicted octanol–water partition coefficient (Wildman–Crippen LogP) is 2.57. The molecule has 1 saturated heterocycles. The van der Waals surface area contributed by atoms with Gasteiger partial charge in [-0.25, -0.2) is 14.8 Å². The molecule has 2 heterocycles. The molecule has 0 unspecified atom stereocenters. The summed E-state index contributed by atoms with van der Waals surface area (Å²) in [5.74, 6) is 0.432. The molecule has 3 rings (SSSR count). The van der Waals surface area contributed by atoms with Crippen LogP contribution in [0.1, 0.15) is 30.0 Å². The number of aromatic nitrogens is 2. The van der Waals surface area contributed by atoms with E-state index in [1.165, 1.54) is 0 Å². The van der Waals surface area contributed by atoms with E-state index in [0.717, 1.165) is 37.2 Å². The van der Waals surface area contributed by atoms with Crippen LogP contribution in [0.3, 0.4) is 0 Å². The zero-order chi connectivity index (χ0) is 15.2. The molecule has 0 atom stereocenters. The van der Waals surface area contributed by atoms with Crippen molar-refractivity contribution in [2.24, 2.45) is 0 Å². The van der Waals surface area contributed by atoms with Crippen LogP contribution >= 0.6 is 0 Å². The van der Waals surface area contributed by atoms with Gasteiger partial charge in [-0.2, -0.15) is 0 Å². The first kappa shape index (κ1) is 14.5. The van der Waals surface area contributed by atoms with E-state index in [0.29, 0.717) is 12.5 Å². The lowest BCUT2D eigenvalue weighted by Gasteiger charge is -2.31. The molecule has 0 spiro atoms. The molecule has 1 aliphatic rings. The number of piperidine rings is 1. The molecule has 1 aromatic heterocycles. The number of amides is 2.